The second-order valence-corrected chi connectivity index (χ2v) is 3.19. The SMILES string of the molecule is N[C@@H]1CCCC[C@H]1N.O.O=C([O-])C(=O)[O-].[Pt+2]. The van der Waals surface area contributed by atoms with E-state index in [1.54, 1.807) is 0 Å². The van der Waals surface area contributed by atoms with Crippen LogP contribution in [0.15, 0.2) is 0 Å². The molecule has 16 heavy (non-hydrogen) atoms. The van der Waals surface area contributed by atoms with E-state index < -0.39 is 11.9 Å². The number of hydrogen-bond donors (Lipinski definition) is 2. The molecule has 1 saturated carbocycles. The smallest absolute Gasteiger partial charge is 0.543 e. The maximum Gasteiger partial charge on any atom is 2.00 e. The van der Waals surface area contributed by atoms with Gasteiger partial charge in [0.15, 0.2) is 0 Å². The third-order valence-electron chi connectivity index (χ3n) is 2.04. The largest absolute Gasteiger partial charge is 2.00 e. The van der Waals surface area contributed by atoms with Crippen LogP contribution in [0.25, 0.3) is 0 Å². The van der Waals surface area contributed by atoms with Crippen LogP contribution < -0.4 is 21.7 Å². The summed E-state index contributed by atoms with van der Waals surface area (Å²) in [5.41, 5.74) is 11.3. The van der Waals surface area contributed by atoms with E-state index in [0.717, 1.165) is 12.8 Å². The van der Waals surface area contributed by atoms with Gasteiger partial charge < -0.3 is 36.7 Å². The summed E-state index contributed by atoms with van der Waals surface area (Å²) in [6.07, 6.45) is 4.80. The number of rotatable bonds is 0. The summed E-state index contributed by atoms with van der Waals surface area (Å²) in [6.45, 7) is 0. The topological polar surface area (TPSA) is 164 Å². The summed E-state index contributed by atoms with van der Waals surface area (Å²) in [7, 11) is 0. The Kier molecular flexibility index (Phi) is 14.4. The first-order valence-corrected chi connectivity index (χ1v) is 4.38. The van der Waals surface area contributed by atoms with Crippen LogP contribution in [0.5, 0.6) is 0 Å². The van der Waals surface area contributed by atoms with E-state index in [0.29, 0.717) is 0 Å². The molecular formula is C8H16N2O5Pt. The first-order chi connectivity index (χ1) is 6.45. The molecule has 0 aliphatic heterocycles. The van der Waals surface area contributed by atoms with Gasteiger partial charge in [0.05, 0.1) is 11.9 Å². The normalized spacial score (nSPS) is 22.6. The summed E-state index contributed by atoms with van der Waals surface area (Å²) in [5, 5.41) is 17.9. The zero-order chi connectivity index (χ0) is 11.1. The average Bonchev–Trinajstić information content (AvgIpc) is 2.11. The van der Waals surface area contributed by atoms with Crippen molar-refractivity contribution in [1.82, 2.24) is 0 Å². The number of carbonyl (C=O) groups excluding carboxylic acids is 2. The Bertz CT molecular complexity index is 193. The summed E-state index contributed by atoms with van der Waals surface area (Å²) < 4.78 is 0. The molecule has 0 bridgehead atoms. The quantitative estimate of drug-likeness (QED) is 0.382. The van der Waals surface area contributed by atoms with E-state index in [1.165, 1.54) is 12.8 Å². The van der Waals surface area contributed by atoms with Gasteiger partial charge in [-0.25, -0.2) is 0 Å². The van der Waals surface area contributed by atoms with Crippen molar-refractivity contribution in [2.45, 2.75) is 37.8 Å². The van der Waals surface area contributed by atoms with E-state index in [4.69, 9.17) is 31.3 Å². The summed E-state index contributed by atoms with van der Waals surface area (Å²) >= 11 is 0. The van der Waals surface area contributed by atoms with Crippen LogP contribution in [-0.4, -0.2) is 29.5 Å². The second-order valence-electron chi connectivity index (χ2n) is 3.19. The number of carboxylic acid groups (broad SMARTS) is 2. The van der Waals surface area contributed by atoms with Crippen molar-refractivity contribution in [3.63, 3.8) is 0 Å². The number of carbonyl (C=O) groups is 2. The summed E-state index contributed by atoms with van der Waals surface area (Å²) in [5.74, 6) is -4.37. The van der Waals surface area contributed by atoms with E-state index in [1.807, 2.05) is 0 Å². The van der Waals surface area contributed by atoms with E-state index in [2.05, 4.69) is 0 Å². The molecular weight excluding hydrogens is 399 g/mol. The number of nitrogens with two attached hydrogens (primary N) is 2. The maximum absolute atomic E-state index is 8.93. The zero-order valence-electron chi connectivity index (χ0n) is 8.59. The molecule has 98 valence electrons. The predicted octanol–water partition coefficient (Wildman–Crippen LogP) is -4.13. The summed E-state index contributed by atoms with van der Waals surface area (Å²) in [4.78, 5) is 17.9. The van der Waals surface area contributed by atoms with E-state index in [-0.39, 0.29) is 38.6 Å². The molecule has 8 heteroatoms. The van der Waals surface area contributed by atoms with Crippen molar-refractivity contribution >= 4 is 11.9 Å². The molecule has 0 amide bonds. The molecule has 1 aliphatic rings. The third kappa shape index (κ3) is 10.0. The van der Waals surface area contributed by atoms with Gasteiger partial charge in [-0.15, -0.1) is 0 Å². The van der Waals surface area contributed by atoms with Crippen molar-refractivity contribution < 1.29 is 46.3 Å². The van der Waals surface area contributed by atoms with Crippen LogP contribution in [-0.2, 0) is 30.7 Å². The third-order valence-corrected chi connectivity index (χ3v) is 2.04. The van der Waals surface area contributed by atoms with Crippen molar-refractivity contribution in [1.29, 1.82) is 0 Å². The van der Waals surface area contributed by atoms with Crippen molar-refractivity contribution in [3.8, 4) is 0 Å². The molecule has 6 N–H and O–H groups in total. The number of hydrogen-bond acceptors (Lipinski definition) is 6. The molecule has 0 aromatic heterocycles. The Morgan fingerprint density at radius 1 is 0.938 bits per heavy atom. The number of aliphatic carboxylic acids is 2. The molecule has 7 nitrogen and oxygen atoms in total. The molecule has 0 aromatic carbocycles. The van der Waals surface area contributed by atoms with Gasteiger partial charge in [0.25, 0.3) is 0 Å². The standard InChI is InChI=1S/C6H14N2.C2H2O4.H2O.Pt/c7-5-3-1-2-4-6(5)8;3-1(4)2(5)6;;/h5-6H,1-4,7-8H2;(H,3,4)(H,5,6);1H2;/q;;;+2/p-2/t5-,6-;;;/m1.../s1. The van der Waals surface area contributed by atoms with Crippen LogP contribution in [0.4, 0.5) is 0 Å². The van der Waals surface area contributed by atoms with Gasteiger partial charge in [-0.3, -0.25) is 0 Å². The van der Waals surface area contributed by atoms with Crippen LogP contribution >= 0.6 is 0 Å². The van der Waals surface area contributed by atoms with Gasteiger partial charge in [-0.05, 0) is 12.8 Å². The molecule has 0 aromatic rings. The maximum atomic E-state index is 8.93. The van der Waals surface area contributed by atoms with Crippen LogP contribution in [0.1, 0.15) is 25.7 Å². The molecule has 0 unspecified atom stereocenters. The van der Waals surface area contributed by atoms with E-state index >= 15 is 0 Å². The molecule has 0 spiro atoms. The molecule has 0 heterocycles. The van der Waals surface area contributed by atoms with Gasteiger partial charge in [0, 0.05) is 12.1 Å². The molecule has 0 radical (unpaired) electrons. The second kappa shape index (κ2) is 11.0. The van der Waals surface area contributed by atoms with Gasteiger partial charge in [0.1, 0.15) is 0 Å². The molecule has 1 rings (SSSR count). The fraction of sp³-hybridized carbons (Fsp3) is 0.750. The first-order valence-electron chi connectivity index (χ1n) is 4.38. The fourth-order valence-electron chi connectivity index (χ4n) is 1.19. The minimum Gasteiger partial charge on any atom is -0.543 e. The monoisotopic (exact) mass is 415 g/mol. The Morgan fingerprint density at radius 2 is 1.19 bits per heavy atom. The van der Waals surface area contributed by atoms with Crippen molar-refractivity contribution in [2.75, 3.05) is 0 Å². The first kappa shape index (κ1) is 20.9. The van der Waals surface area contributed by atoms with Crippen LogP contribution in [0.3, 0.4) is 0 Å². The Hall–Kier alpha value is -0.492. The van der Waals surface area contributed by atoms with Crippen LogP contribution in [0, 0.1) is 0 Å². The van der Waals surface area contributed by atoms with E-state index in [9.17, 15) is 0 Å². The van der Waals surface area contributed by atoms with Crippen molar-refractivity contribution in [2.24, 2.45) is 11.5 Å². The molecule has 2 atom stereocenters. The Balaban J connectivity index is -0.000000195. The van der Waals surface area contributed by atoms with Gasteiger partial charge in [0.2, 0.25) is 0 Å². The number of carboxylic acids is 2. The Morgan fingerprint density at radius 3 is 1.31 bits per heavy atom. The average molecular weight is 415 g/mol. The zero-order valence-corrected chi connectivity index (χ0v) is 10.9. The van der Waals surface area contributed by atoms with Gasteiger partial charge in [-0.1, -0.05) is 12.8 Å². The predicted molar refractivity (Wildman–Crippen MR) is 48.0 cm³/mol. The van der Waals surface area contributed by atoms with Crippen molar-refractivity contribution in [3.05, 3.63) is 0 Å². The molecule has 1 aliphatic carbocycles. The minimum atomic E-state index is -2.19. The van der Waals surface area contributed by atoms with Crippen LogP contribution in [0.2, 0.25) is 0 Å². The Labute approximate surface area is 108 Å². The fourth-order valence-corrected chi connectivity index (χ4v) is 1.19. The molecule has 0 saturated heterocycles. The summed E-state index contributed by atoms with van der Waals surface area (Å²) in [6, 6.07) is 0.562. The molecule has 1 fully saturated rings. The van der Waals surface area contributed by atoms with Gasteiger partial charge in [-0.2, -0.15) is 0 Å². The minimum absolute atomic E-state index is 0. The van der Waals surface area contributed by atoms with Gasteiger partial charge >= 0.3 is 21.1 Å².